The molecule has 1 saturated carbocycles. The fourth-order valence-electron chi connectivity index (χ4n) is 3.00. The van der Waals surface area contributed by atoms with Crippen LogP contribution in [0.2, 0.25) is 0 Å². The zero-order valence-corrected chi connectivity index (χ0v) is 14.2. The number of hydrogen-bond donors (Lipinski definition) is 2. The summed E-state index contributed by atoms with van der Waals surface area (Å²) in [5.74, 6) is -0.616. The smallest absolute Gasteiger partial charge is 0.239 e. The van der Waals surface area contributed by atoms with Crippen LogP contribution in [0.15, 0.2) is 18.2 Å². The molecule has 1 fully saturated rings. The first kappa shape index (κ1) is 18.2. The van der Waals surface area contributed by atoms with E-state index in [2.05, 4.69) is 10.6 Å². The van der Waals surface area contributed by atoms with E-state index in [-0.39, 0.29) is 36.1 Å². The highest BCUT2D eigenvalue weighted by Gasteiger charge is 2.21. The van der Waals surface area contributed by atoms with Crippen LogP contribution in [-0.4, -0.2) is 25.5 Å². The van der Waals surface area contributed by atoms with Gasteiger partial charge in [-0.2, -0.15) is 0 Å². The van der Waals surface area contributed by atoms with Gasteiger partial charge in [-0.15, -0.1) is 0 Å². The second kappa shape index (κ2) is 8.66. The Kier molecular flexibility index (Phi) is 6.58. The molecule has 0 aromatic heterocycles. The molecule has 0 heterocycles. The van der Waals surface area contributed by atoms with Gasteiger partial charge in [0.25, 0.3) is 0 Å². The number of amides is 2. The van der Waals surface area contributed by atoms with Gasteiger partial charge in [-0.1, -0.05) is 25.3 Å². The van der Waals surface area contributed by atoms with Crippen LogP contribution in [0.3, 0.4) is 0 Å². The van der Waals surface area contributed by atoms with Crippen LogP contribution in [0.4, 0.5) is 4.39 Å². The Morgan fingerprint density at radius 3 is 2.62 bits per heavy atom. The minimum absolute atomic E-state index is 0.0275. The normalized spacial score (nSPS) is 16.3. The fourth-order valence-corrected chi connectivity index (χ4v) is 3.00. The maximum Gasteiger partial charge on any atom is 0.239 e. The van der Waals surface area contributed by atoms with E-state index in [1.807, 2.05) is 0 Å². The zero-order valence-electron chi connectivity index (χ0n) is 14.2. The van der Waals surface area contributed by atoms with E-state index in [4.69, 9.17) is 4.74 Å². The molecule has 0 radical (unpaired) electrons. The standard InChI is InChI=1S/C18H25FN2O3/c1-12(14-8-9-16(24-2)15(19)10-14)21-17(22)11-20-18(23)13-6-4-3-5-7-13/h8-10,12-13H,3-7,11H2,1-2H3,(H,20,23)(H,21,22)/t12-/m0/s1. The second-order valence-electron chi connectivity index (χ2n) is 6.24. The number of hydrogen-bond acceptors (Lipinski definition) is 3. The van der Waals surface area contributed by atoms with Crippen molar-refractivity contribution in [1.82, 2.24) is 10.6 Å². The van der Waals surface area contributed by atoms with Gasteiger partial charge in [0.05, 0.1) is 19.7 Å². The summed E-state index contributed by atoms with van der Waals surface area (Å²) in [6, 6.07) is 4.21. The Balaban J connectivity index is 1.80. The highest BCUT2D eigenvalue weighted by atomic mass is 19.1. The molecule has 1 aromatic rings. The van der Waals surface area contributed by atoms with E-state index in [9.17, 15) is 14.0 Å². The van der Waals surface area contributed by atoms with Crippen LogP contribution < -0.4 is 15.4 Å². The molecule has 2 amide bonds. The Hall–Kier alpha value is -2.11. The monoisotopic (exact) mass is 336 g/mol. The fraction of sp³-hybridized carbons (Fsp3) is 0.556. The number of nitrogens with one attached hydrogen (secondary N) is 2. The van der Waals surface area contributed by atoms with Gasteiger partial charge in [0.2, 0.25) is 11.8 Å². The number of benzene rings is 1. The molecule has 24 heavy (non-hydrogen) atoms. The Bertz CT molecular complexity index is 586. The first-order valence-electron chi connectivity index (χ1n) is 8.41. The van der Waals surface area contributed by atoms with E-state index in [1.54, 1.807) is 13.0 Å². The lowest BCUT2D eigenvalue weighted by atomic mass is 9.89. The van der Waals surface area contributed by atoms with Crippen molar-refractivity contribution in [3.8, 4) is 5.75 Å². The molecular weight excluding hydrogens is 311 g/mol. The molecule has 0 aliphatic heterocycles. The summed E-state index contributed by atoms with van der Waals surface area (Å²) in [7, 11) is 1.40. The third-order valence-electron chi connectivity index (χ3n) is 4.45. The summed E-state index contributed by atoms with van der Waals surface area (Å²) in [5, 5.41) is 5.45. The zero-order chi connectivity index (χ0) is 17.5. The number of ether oxygens (including phenoxy) is 1. The van der Waals surface area contributed by atoms with Crippen molar-refractivity contribution in [3.63, 3.8) is 0 Å². The molecule has 2 N–H and O–H groups in total. The van der Waals surface area contributed by atoms with Gasteiger partial charge in [-0.25, -0.2) is 4.39 Å². The van der Waals surface area contributed by atoms with Gasteiger partial charge < -0.3 is 15.4 Å². The largest absolute Gasteiger partial charge is 0.494 e. The summed E-state index contributed by atoms with van der Waals surface area (Å²) in [5.41, 5.74) is 0.639. The molecule has 5 nitrogen and oxygen atoms in total. The van der Waals surface area contributed by atoms with Gasteiger partial charge in [0.1, 0.15) is 0 Å². The Morgan fingerprint density at radius 2 is 2.00 bits per heavy atom. The molecule has 6 heteroatoms. The van der Waals surface area contributed by atoms with Crippen molar-refractivity contribution in [2.24, 2.45) is 5.92 Å². The van der Waals surface area contributed by atoms with Crippen LogP contribution >= 0.6 is 0 Å². The van der Waals surface area contributed by atoms with Crippen molar-refractivity contribution < 1.29 is 18.7 Å². The maximum absolute atomic E-state index is 13.7. The van der Waals surface area contributed by atoms with Crippen LogP contribution in [0.1, 0.15) is 50.6 Å². The molecule has 0 unspecified atom stereocenters. The van der Waals surface area contributed by atoms with Gasteiger partial charge in [0.15, 0.2) is 11.6 Å². The van der Waals surface area contributed by atoms with E-state index in [1.165, 1.54) is 25.7 Å². The van der Waals surface area contributed by atoms with Crippen molar-refractivity contribution in [1.29, 1.82) is 0 Å². The first-order chi connectivity index (χ1) is 11.5. The average Bonchev–Trinajstić information content (AvgIpc) is 2.60. The predicted octanol–water partition coefficient (Wildman–Crippen LogP) is 2.71. The third kappa shape index (κ3) is 4.94. The van der Waals surface area contributed by atoms with Crippen molar-refractivity contribution in [2.45, 2.75) is 45.1 Å². The molecule has 0 saturated heterocycles. The quantitative estimate of drug-likeness (QED) is 0.839. The highest BCUT2D eigenvalue weighted by molar-refractivity contribution is 5.86. The van der Waals surface area contributed by atoms with Crippen molar-refractivity contribution in [3.05, 3.63) is 29.6 Å². The van der Waals surface area contributed by atoms with Gasteiger partial charge >= 0.3 is 0 Å². The minimum Gasteiger partial charge on any atom is -0.494 e. The predicted molar refractivity (Wildman–Crippen MR) is 89.1 cm³/mol. The molecule has 1 aliphatic rings. The summed E-state index contributed by atoms with van der Waals surface area (Å²) in [6.45, 7) is 1.71. The second-order valence-corrected chi connectivity index (χ2v) is 6.24. The third-order valence-corrected chi connectivity index (χ3v) is 4.45. The van der Waals surface area contributed by atoms with E-state index >= 15 is 0 Å². The number of halogens is 1. The number of rotatable bonds is 6. The maximum atomic E-state index is 13.7. The minimum atomic E-state index is -0.471. The molecule has 0 spiro atoms. The lowest BCUT2D eigenvalue weighted by Gasteiger charge is -2.21. The molecule has 1 atom stereocenters. The first-order valence-corrected chi connectivity index (χ1v) is 8.41. The van der Waals surface area contributed by atoms with E-state index in [0.29, 0.717) is 5.56 Å². The number of methoxy groups -OCH3 is 1. The van der Waals surface area contributed by atoms with Crippen LogP contribution in [0.5, 0.6) is 5.75 Å². The Morgan fingerprint density at radius 1 is 1.29 bits per heavy atom. The summed E-state index contributed by atoms with van der Waals surface area (Å²) in [4.78, 5) is 24.0. The number of carbonyl (C=O) groups excluding carboxylic acids is 2. The molecule has 1 aliphatic carbocycles. The molecule has 132 valence electrons. The topological polar surface area (TPSA) is 67.4 Å². The van der Waals surface area contributed by atoms with Crippen LogP contribution in [-0.2, 0) is 9.59 Å². The van der Waals surface area contributed by atoms with Gasteiger partial charge in [-0.3, -0.25) is 9.59 Å². The molecule has 2 rings (SSSR count). The van der Waals surface area contributed by atoms with Gasteiger partial charge in [-0.05, 0) is 37.5 Å². The Labute approximate surface area is 142 Å². The van der Waals surface area contributed by atoms with Crippen LogP contribution in [0, 0.1) is 11.7 Å². The number of carbonyl (C=O) groups is 2. The summed E-state index contributed by atoms with van der Waals surface area (Å²) in [6.07, 6.45) is 5.12. The lowest BCUT2D eigenvalue weighted by molar-refractivity contribution is -0.129. The van der Waals surface area contributed by atoms with Crippen molar-refractivity contribution >= 4 is 11.8 Å². The van der Waals surface area contributed by atoms with Gasteiger partial charge in [0, 0.05) is 5.92 Å². The summed E-state index contributed by atoms with van der Waals surface area (Å²) < 4.78 is 18.6. The van der Waals surface area contributed by atoms with E-state index < -0.39 is 5.82 Å². The molecule has 1 aromatic carbocycles. The summed E-state index contributed by atoms with van der Waals surface area (Å²) >= 11 is 0. The van der Waals surface area contributed by atoms with E-state index in [0.717, 1.165) is 25.7 Å². The van der Waals surface area contributed by atoms with Crippen LogP contribution in [0.25, 0.3) is 0 Å². The SMILES string of the molecule is COc1ccc([C@H](C)NC(=O)CNC(=O)C2CCCCC2)cc1F. The highest BCUT2D eigenvalue weighted by Crippen LogP contribution is 2.23. The lowest BCUT2D eigenvalue weighted by Crippen LogP contribution is -2.40. The average molecular weight is 336 g/mol. The molecule has 0 bridgehead atoms. The molecular formula is C18H25FN2O3. The van der Waals surface area contributed by atoms with Crippen molar-refractivity contribution in [2.75, 3.05) is 13.7 Å².